The number of hydrogen-bond donors (Lipinski definition) is 4. The van der Waals surface area contributed by atoms with Gasteiger partial charge in [0.05, 0.1) is 10.4 Å². The summed E-state index contributed by atoms with van der Waals surface area (Å²) < 4.78 is 28.9. The molecule has 0 saturated carbocycles. The number of carbonyl (C=O) groups is 3. The lowest BCUT2D eigenvalue weighted by molar-refractivity contribution is -0.129. The van der Waals surface area contributed by atoms with Crippen molar-refractivity contribution in [2.24, 2.45) is 4.99 Å². The molecule has 1 spiro atoms. The summed E-state index contributed by atoms with van der Waals surface area (Å²) in [5, 5.41) is 2.62. The lowest BCUT2D eigenvalue weighted by atomic mass is 9.86. The van der Waals surface area contributed by atoms with Crippen molar-refractivity contribution in [2.75, 3.05) is 37.6 Å². The second-order valence-electron chi connectivity index (χ2n) is 11.1. The molecule has 0 atom stereocenters. The van der Waals surface area contributed by atoms with E-state index >= 15 is 0 Å². The number of nitrogens with one attached hydrogen (secondary N) is 2. The molecule has 2 saturated heterocycles. The largest absolute Gasteiger partial charge is 0.382 e. The molecule has 1 aromatic carbocycles. The Morgan fingerprint density at radius 2 is 1.70 bits per heavy atom. The van der Waals surface area contributed by atoms with Gasteiger partial charge in [-0.15, -0.1) is 0 Å². The third-order valence-corrected chi connectivity index (χ3v) is 10.0. The maximum atomic E-state index is 13.4. The number of carbonyl (C=O) groups excluding carboxylic acids is 3. The molecule has 3 aliphatic rings. The number of rotatable bonds is 5. The van der Waals surface area contributed by atoms with Crippen LogP contribution in [0.5, 0.6) is 0 Å². The van der Waals surface area contributed by atoms with Crippen LogP contribution in [0.25, 0.3) is 0 Å². The monoisotopic (exact) mass is 631 g/mol. The van der Waals surface area contributed by atoms with Crippen molar-refractivity contribution in [2.45, 2.75) is 61.9 Å². The number of anilines is 2. The van der Waals surface area contributed by atoms with Crippen molar-refractivity contribution in [3.63, 3.8) is 0 Å². The highest BCUT2D eigenvalue weighted by atomic mass is 35.5. The summed E-state index contributed by atoms with van der Waals surface area (Å²) in [6.45, 7) is 3.35. The number of amidine groups is 1. The first-order valence-electron chi connectivity index (χ1n) is 14.0. The molecule has 3 aliphatic heterocycles. The molecule has 0 aliphatic carbocycles. The van der Waals surface area contributed by atoms with Crippen molar-refractivity contribution in [1.29, 1.82) is 0 Å². The molecule has 14 nitrogen and oxygen atoms in total. The second-order valence-corrected chi connectivity index (χ2v) is 13.2. The Morgan fingerprint density at radius 1 is 1.00 bits per heavy atom. The molecule has 6 N–H and O–H groups in total. The van der Waals surface area contributed by atoms with Gasteiger partial charge in [-0.3, -0.25) is 19.4 Å². The average Bonchev–Trinajstić information content (AvgIpc) is 3.36. The van der Waals surface area contributed by atoms with Crippen LogP contribution in [0.2, 0.25) is 5.15 Å². The third-order valence-electron chi connectivity index (χ3n) is 8.21. The molecule has 3 amide bonds. The molecule has 0 unspecified atom stereocenters. The van der Waals surface area contributed by atoms with Gasteiger partial charge in [0.2, 0.25) is 15.9 Å². The first kappa shape index (κ1) is 30.6. The molecule has 4 heterocycles. The van der Waals surface area contributed by atoms with E-state index in [0.717, 1.165) is 0 Å². The van der Waals surface area contributed by atoms with Gasteiger partial charge in [0.1, 0.15) is 5.84 Å². The Labute approximate surface area is 254 Å². The summed E-state index contributed by atoms with van der Waals surface area (Å²) in [6, 6.07) is 5.76. The number of piperidine rings is 2. The molecule has 5 rings (SSSR count). The fraction of sp³-hybridized carbons (Fsp3) is 0.481. The average molecular weight is 632 g/mol. The van der Waals surface area contributed by atoms with Crippen LogP contribution in [-0.2, 0) is 14.8 Å². The predicted molar refractivity (Wildman–Crippen MR) is 160 cm³/mol. The fourth-order valence-electron chi connectivity index (χ4n) is 5.70. The van der Waals surface area contributed by atoms with Gasteiger partial charge in [0.25, 0.3) is 11.8 Å². The maximum absolute atomic E-state index is 13.4. The Hall–Kier alpha value is -3.82. The van der Waals surface area contributed by atoms with E-state index in [0.29, 0.717) is 70.5 Å². The van der Waals surface area contributed by atoms with Gasteiger partial charge in [-0.05, 0) is 50.3 Å². The van der Waals surface area contributed by atoms with Crippen molar-refractivity contribution in [3.8, 4) is 0 Å². The van der Waals surface area contributed by atoms with Crippen LogP contribution in [0.15, 0.2) is 34.2 Å². The maximum Gasteiger partial charge on any atom is 0.279 e. The highest BCUT2D eigenvalue weighted by Gasteiger charge is 2.40. The quantitative estimate of drug-likeness (QED) is 0.373. The van der Waals surface area contributed by atoms with Gasteiger partial charge in [0, 0.05) is 51.1 Å². The van der Waals surface area contributed by atoms with E-state index < -0.39 is 21.5 Å². The molecule has 16 heteroatoms. The molecule has 2 fully saturated rings. The zero-order chi connectivity index (χ0) is 30.9. The second kappa shape index (κ2) is 12.1. The van der Waals surface area contributed by atoms with Crippen LogP contribution in [-0.4, -0.2) is 89.5 Å². The number of aromatic nitrogens is 2. The minimum Gasteiger partial charge on any atom is -0.382 e. The van der Waals surface area contributed by atoms with Gasteiger partial charge in [-0.1, -0.05) is 17.7 Å². The van der Waals surface area contributed by atoms with Crippen LogP contribution in [0, 0.1) is 0 Å². The predicted octanol–water partition coefficient (Wildman–Crippen LogP) is 1.18. The summed E-state index contributed by atoms with van der Waals surface area (Å²) in [6.07, 6.45) is 3.48. The number of nitrogens with zero attached hydrogens (tertiary/aromatic N) is 5. The van der Waals surface area contributed by atoms with Gasteiger partial charge in [0.15, 0.2) is 22.5 Å². The topological polar surface area (TPSA) is 206 Å². The molecule has 2 aromatic rings. The SMILES string of the molecule is CC(=O)N1CCC(NS(=O)(=O)c2cccc(C(=O)N3CCC4(CCC(NC(=O)c5nc(Cl)c(N)nc5N)=N4)CC3)c2)CC1. The van der Waals surface area contributed by atoms with Crippen LogP contribution < -0.4 is 21.5 Å². The molecular formula is C27H34ClN9O5S. The third kappa shape index (κ3) is 6.73. The summed E-state index contributed by atoms with van der Waals surface area (Å²) >= 11 is 5.89. The van der Waals surface area contributed by atoms with Crippen LogP contribution in [0.4, 0.5) is 11.6 Å². The summed E-state index contributed by atoms with van der Waals surface area (Å²) in [5.41, 5.74) is 11.1. The molecular weight excluding hydrogens is 598 g/mol. The van der Waals surface area contributed by atoms with Crippen LogP contribution in [0.3, 0.4) is 0 Å². The Bertz CT molecular complexity index is 1580. The summed E-state index contributed by atoms with van der Waals surface area (Å²) in [4.78, 5) is 53.6. The van der Waals surface area contributed by atoms with Gasteiger partial charge in [-0.25, -0.2) is 23.1 Å². The van der Waals surface area contributed by atoms with Crippen LogP contribution >= 0.6 is 11.6 Å². The standard InChI is InChI=1S/C27H34ClN9O5S/c1-16(38)36-11-6-18(7-12-36)35-43(41,42)19-4-2-3-17(15-19)26(40)37-13-9-27(10-14-37)8-5-20(34-27)31-25(39)21-23(29)33-24(30)22(28)32-21/h2-4,15,18,35H,5-14H2,1H3,(H4,29,30,33)(H,31,34,39). The van der Waals surface area contributed by atoms with Crippen LogP contribution in [0.1, 0.15) is 66.3 Å². The van der Waals surface area contributed by atoms with Crippen molar-refractivity contribution >= 4 is 56.8 Å². The number of hydrogen-bond acceptors (Lipinski definition) is 10. The minimum absolute atomic E-state index is 0.0225. The number of nitrogens with two attached hydrogens (primary N) is 2. The summed E-state index contributed by atoms with van der Waals surface area (Å²) in [5.74, 6) is -0.572. The van der Waals surface area contributed by atoms with Gasteiger partial charge >= 0.3 is 0 Å². The minimum atomic E-state index is -3.85. The number of benzene rings is 1. The summed E-state index contributed by atoms with van der Waals surface area (Å²) in [7, 11) is -3.85. The molecule has 230 valence electrons. The number of amides is 3. The number of nitrogen functional groups attached to an aromatic ring is 2. The zero-order valence-corrected chi connectivity index (χ0v) is 25.2. The lowest BCUT2D eigenvalue weighted by Crippen LogP contribution is -2.46. The number of halogens is 1. The molecule has 0 bridgehead atoms. The zero-order valence-electron chi connectivity index (χ0n) is 23.7. The molecule has 1 aromatic heterocycles. The Morgan fingerprint density at radius 3 is 2.37 bits per heavy atom. The van der Waals surface area contributed by atoms with Crippen molar-refractivity contribution in [3.05, 3.63) is 40.7 Å². The van der Waals surface area contributed by atoms with E-state index in [1.54, 1.807) is 21.9 Å². The van der Waals surface area contributed by atoms with E-state index in [4.69, 9.17) is 28.1 Å². The first-order chi connectivity index (χ1) is 20.4. The lowest BCUT2D eigenvalue weighted by Gasteiger charge is -2.37. The highest BCUT2D eigenvalue weighted by Crippen LogP contribution is 2.36. The normalized spacial score (nSPS) is 18.9. The van der Waals surface area contributed by atoms with E-state index in [-0.39, 0.29) is 50.8 Å². The van der Waals surface area contributed by atoms with E-state index in [1.807, 2.05) is 0 Å². The van der Waals surface area contributed by atoms with Crippen molar-refractivity contribution in [1.82, 2.24) is 29.8 Å². The van der Waals surface area contributed by atoms with Gasteiger partial charge < -0.3 is 26.6 Å². The Balaban J connectivity index is 1.18. The number of sulfonamides is 1. The molecule has 0 radical (unpaired) electrons. The smallest absolute Gasteiger partial charge is 0.279 e. The fourth-order valence-corrected chi connectivity index (χ4v) is 7.18. The molecule has 43 heavy (non-hydrogen) atoms. The van der Waals surface area contributed by atoms with E-state index in [1.165, 1.54) is 19.1 Å². The van der Waals surface area contributed by atoms with Crippen molar-refractivity contribution < 1.29 is 22.8 Å². The highest BCUT2D eigenvalue weighted by molar-refractivity contribution is 7.89. The number of likely N-dealkylation sites (tertiary alicyclic amines) is 2. The van der Waals surface area contributed by atoms with Gasteiger partial charge in [-0.2, -0.15) is 0 Å². The van der Waals surface area contributed by atoms with E-state index in [9.17, 15) is 22.8 Å². The number of aliphatic imine (C=N–C) groups is 1. The first-order valence-corrected chi connectivity index (χ1v) is 15.9. The van der Waals surface area contributed by atoms with E-state index in [2.05, 4.69) is 20.0 Å². The Kier molecular flexibility index (Phi) is 8.58.